The topological polar surface area (TPSA) is 231 Å². The lowest BCUT2D eigenvalue weighted by Crippen LogP contribution is -2.57. The highest BCUT2D eigenvalue weighted by molar-refractivity contribution is 7.98. The van der Waals surface area contributed by atoms with Gasteiger partial charge in [-0.25, -0.2) is 4.79 Å². The van der Waals surface area contributed by atoms with Crippen LogP contribution in [0.3, 0.4) is 0 Å². The molecule has 9 N–H and O–H groups in total. The molecule has 0 aromatic heterocycles. The average molecular weight is 506 g/mol. The zero-order chi connectivity index (χ0) is 26.4. The van der Waals surface area contributed by atoms with Crippen molar-refractivity contribution in [3.8, 4) is 0 Å². The molecule has 0 aromatic rings. The summed E-state index contributed by atoms with van der Waals surface area (Å²) in [6.07, 6.45) is 0.873. The Balaban J connectivity index is 5.54. The number of amides is 4. The largest absolute Gasteiger partial charge is 0.481 e. The fourth-order valence-corrected chi connectivity index (χ4v) is 3.34. The molecule has 14 heteroatoms. The van der Waals surface area contributed by atoms with Crippen LogP contribution in [0.5, 0.6) is 0 Å². The first-order valence-corrected chi connectivity index (χ1v) is 12.1. The minimum atomic E-state index is -1.36. The highest BCUT2D eigenvalue weighted by atomic mass is 32.2. The maximum Gasteiger partial charge on any atom is 0.326 e. The van der Waals surface area contributed by atoms with Crippen LogP contribution in [-0.2, 0) is 28.8 Å². The summed E-state index contributed by atoms with van der Waals surface area (Å²) in [4.78, 5) is 71.3. The van der Waals surface area contributed by atoms with Crippen molar-refractivity contribution in [2.45, 2.75) is 70.1 Å². The molecule has 4 amide bonds. The fourth-order valence-electron chi connectivity index (χ4n) is 2.87. The third-order valence-electron chi connectivity index (χ3n) is 4.60. The van der Waals surface area contributed by atoms with E-state index in [2.05, 4.69) is 16.0 Å². The van der Waals surface area contributed by atoms with Gasteiger partial charge in [0.1, 0.15) is 18.1 Å². The van der Waals surface area contributed by atoms with Gasteiger partial charge in [0.15, 0.2) is 0 Å². The van der Waals surface area contributed by atoms with E-state index in [0.29, 0.717) is 5.75 Å². The van der Waals surface area contributed by atoms with Gasteiger partial charge in [-0.2, -0.15) is 11.8 Å². The van der Waals surface area contributed by atoms with E-state index in [1.807, 2.05) is 0 Å². The van der Waals surface area contributed by atoms with Crippen LogP contribution in [0.15, 0.2) is 0 Å². The number of carboxylic acid groups (broad SMARTS) is 2. The number of aliphatic carboxylic acids is 2. The molecule has 0 rings (SSSR count). The zero-order valence-corrected chi connectivity index (χ0v) is 20.4. The van der Waals surface area contributed by atoms with Crippen LogP contribution in [0.25, 0.3) is 0 Å². The summed E-state index contributed by atoms with van der Waals surface area (Å²) in [6.45, 7) is 3.59. The molecule has 4 unspecified atom stereocenters. The number of nitrogens with one attached hydrogen (secondary N) is 3. The number of thioether (sulfide) groups is 1. The van der Waals surface area contributed by atoms with E-state index in [0.717, 1.165) is 0 Å². The summed E-state index contributed by atoms with van der Waals surface area (Å²) >= 11 is 1.42. The van der Waals surface area contributed by atoms with Crippen LogP contribution in [0, 0.1) is 5.92 Å². The second kappa shape index (κ2) is 15.9. The first-order valence-electron chi connectivity index (χ1n) is 10.7. The lowest BCUT2D eigenvalue weighted by Gasteiger charge is -2.26. The molecule has 0 fully saturated rings. The van der Waals surface area contributed by atoms with Gasteiger partial charge in [0.05, 0.1) is 12.5 Å². The molecule has 0 saturated heterocycles. The van der Waals surface area contributed by atoms with Crippen molar-refractivity contribution < 1.29 is 39.0 Å². The smallest absolute Gasteiger partial charge is 0.326 e. The third-order valence-corrected chi connectivity index (χ3v) is 5.25. The molecule has 4 atom stereocenters. The summed E-state index contributed by atoms with van der Waals surface area (Å²) in [5.41, 5.74) is 10.6. The maximum atomic E-state index is 12.9. The predicted octanol–water partition coefficient (Wildman–Crippen LogP) is -1.61. The van der Waals surface area contributed by atoms with E-state index in [1.165, 1.54) is 11.8 Å². The van der Waals surface area contributed by atoms with E-state index in [-0.39, 0.29) is 25.2 Å². The van der Waals surface area contributed by atoms with Crippen LogP contribution < -0.4 is 27.4 Å². The van der Waals surface area contributed by atoms with Crippen LogP contribution in [0.4, 0.5) is 0 Å². The fraction of sp³-hybridized carbons (Fsp3) is 0.700. The quantitative estimate of drug-likeness (QED) is 0.119. The third kappa shape index (κ3) is 13.0. The Morgan fingerprint density at radius 2 is 1.38 bits per heavy atom. The van der Waals surface area contributed by atoms with Crippen LogP contribution in [0.1, 0.15) is 46.0 Å². The van der Waals surface area contributed by atoms with Crippen LogP contribution in [-0.4, -0.2) is 82.0 Å². The van der Waals surface area contributed by atoms with Crippen molar-refractivity contribution in [2.75, 3.05) is 12.0 Å². The molecule has 0 saturated carbocycles. The number of rotatable bonds is 17. The molecule has 34 heavy (non-hydrogen) atoms. The van der Waals surface area contributed by atoms with Gasteiger partial charge in [-0.05, 0) is 37.2 Å². The van der Waals surface area contributed by atoms with Gasteiger partial charge in [0.25, 0.3) is 0 Å². The van der Waals surface area contributed by atoms with Crippen molar-refractivity contribution >= 4 is 47.3 Å². The summed E-state index contributed by atoms with van der Waals surface area (Å²) in [7, 11) is 0. The molecule has 0 spiro atoms. The lowest BCUT2D eigenvalue weighted by molar-refractivity contribution is -0.142. The Labute approximate surface area is 202 Å². The number of hydrogen-bond acceptors (Lipinski definition) is 8. The van der Waals surface area contributed by atoms with Gasteiger partial charge < -0.3 is 37.6 Å². The van der Waals surface area contributed by atoms with Gasteiger partial charge in [0, 0.05) is 6.42 Å². The Morgan fingerprint density at radius 3 is 1.85 bits per heavy atom. The second-order valence-corrected chi connectivity index (χ2v) is 9.13. The molecule has 0 aromatic carbocycles. The van der Waals surface area contributed by atoms with Crippen molar-refractivity contribution in [2.24, 2.45) is 17.4 Å². The minimum absolute atomic E-state index is 0.0680. The molecular formula is C20H35N5O8S. The Kier molecular flexibility index (Phi) is 14.5. The summed E-state index contributed by atoms with van der Waals surface area (Å²) in [6, 6.07) is -5.00. The minimum Gasteiger partial charge on any atom is -0.481 e. The number of primary amides is 1. The second-order valence-electron chi connectivity index (χ2n) is 8.14. The monoisotopic (exact) mass is 505 g/mol. The first-order chi connectivity index (χ1) is 15.8. The molecule has 0 aliphatic heterocycles. The standard InChI is InChI=1S/C20H35N5O8S/c1-10(2)8-14(19(31)24-13(20(32)33)6-7-34-3)25-18(30)12(4-5-16(27)28)23-17(29)11(21)9-15(22)26/h10-14H,4-9,21H2,1-3H3,(H2,22,26)(H,23,29)(H,24,31)(H,25,30)(H,27,28)(H,32,33). The van der Waals surface area contributed by atoms with Crippen LogP contribution >= 0.6 is 11.8 Å². The molecule has 13 nitrogen and oxygen atoms in total. The van der Waals surface area contributed by atoms with Gasteiger partial charge in [-0.3, -0.25) is 24.0 Å². The summed E-state index contributed by atoms with van der Waals surface area (Å²) < 4.78 is 0. The Morgan fingerprint density at radius 1 is 0.853 bits per heavy atom. The number of carbonyl (C=O) groups is 6. The van der Waals surface area contributed by atoms with Gasteiger partial charge >= 0.3 is 11.9 Å². The highest BCUT2D eigenvalue weighted by Crippen LogP contribution is 2.09. The van der Waals surface area contributed by atoms with E-state index in [9.17, 15) is 33.9 Å². The molecular weight excluding hydrogens is 470 g/mol. The van der Waals surface area contributed by atoms with Crippen molar-refractivity contribution in [3.05, 3.63) is 0 Å². The predicted molar refractivity (Wildman–Crippen MR) is 125 cm³/mol. The van der Waals surface area contributed by atoms with E-state index in [4.69, 9.17) is 16.6 Å². The number of nitrogens with two attached hydrogens (primary N) is 2. The number of hydrogen-bond donors (Lipinski definition) is 7. The van der Waals surface area contributed by atoms with Crippen LogP contribution in [0.2, 0.25) is 0 Å². The van der Waals surface area contributed by atoms with E-state index < -0.39 is 72.6 Å². The molecule has 0 aliphatic carbocycles. The summed E-state index contributed by atoms with van der Waals surface area (Å²) in [5.74, 6) is -5.30. The maximum absolute atomic E-state index is 12.9. The molecule has 0 radical (unpaired) electrons. The summed E-state index contributed by atoms with van der Waals surface area (Å²) in [5, 5.41) is 25.5. The van der Waals surface area contributed by atoms with Crippen molar-refractivity contribution in [1.29, 1.82) is 0 Å². The van der Waals surface area contributed by atoms with Gasteiger partial charge in [-0.1, -0.05) is 13.8 Å². The molecule has 0 aliphatic rings. The van der Waals surface area contributed by atoms with Gasteiger partial charge in [-0.15, -0.1) is 0 Å². The van der Waals surface area contributed by atoms with Gasteiger partial charge in [0.2, 0.25) is 23.6 Å². The normalized spacial score (nSPS) is 14.4. The molecule has 0 bridgehead atoms. The zero-order valence-electron chi connectivity index (χ0n) is 19.5. The van der Waals surface area contributed by atoms with Crippen molar-refractivity contribution in [1.82, 2.24) is 16.0 Å². The van der Waals surface area contributed by atoms with E-state index >= 15 is 0 Å². The lowest BCUT2D eigenvalue weighted by atomic mass is 10.0. The number of carboxylic acids is 2. The first kappa shape index (κ1) is 31.1. The SMILES string of the molecule is CSCCC(NC(=O)C(CC(C)C)NC(=O)C(CCC(=O)O)NC(=O)C(N)CC(N)=O)C(=O)O. The van der Waals surface area contributed by atoms with E-state index in [1.54, 1.807) is 20.1 Å². The molecule has 194 valence electrons. The Hall–Kier alpha value is -2.87. The molecule has 0 heterocycles. The number of carbonyl (C=O) groups excluding carboxylic acids is 4. The highest BCUT2D eigenvalue weighted by Gasteiger charge is 2.31. The Bertz CT molecular complexity index is 748. The van der Waals surface area contributed by atoms with Crippen molar-refractivity contribution in [3.63, 3.8) is 0 Å². The average Bonchev–Trinajstić information content (AvgIpc) is 2.71.